The largest absolute Gasteiger partial charge is 0.471 e. The summed E-state index contributed by atoms with van der Waals surface area (Å²) in [4.78, 5) is 3.89. The summed E-state index contributed by atoms with van der Waals surface area (Å²) in [7, 11) is -3.77. The van der Waals surface area contributed by atoms with Crippen molar-refractivity contribution in [2.45, 2.75) is 11.0 Å². The summed E-state index contributed by atoms with van der Waals surface area (Å²) < 4.78 is 44.7. The average Bonchev–Trinajstić information content (AvgIpc) is 2.53. The Hall–Kier alpha value is -2.21. The number of hydrogen-bond acceptors (Lipinski definition) is 5. The monoisotopic (exact) mass is 367 g/mol. The average molecular weight is 368 g/mol. The van der Waals surface area contributed by atoms with Gasteiger partial charge in [0.05, 0.1) is 23.0 Å². The van der Waals surface area contributed by atoms with E-state index in [2.05, 4.69) is 4.98 Å². The highest BCUT2D eigenvalue weighted by Gasteiger charge is 2.38. The molecule has 3 rings (SSSR count). The molecule has 0 N–H and O–H groups in total. The molecule has 124 valence electrons. The van der Waals surface area contributed by atoms with Crippen LogP contribution in [0.3, 0.4) is 0 Å². The first kappa shape index (κ1) is 16.6. The van der Waals surface area contributed by atoms with E-state index in [4.69, 9.17) is 21.6 Å². The number of nitriles is 1. The molecule has 0 spiro atoms. The van der Waals surface area contributed by atoms with E-state index < -0.39 is 21.9 Å². The normalized spacial score (nSPS) is 15.5. The maximum atomic E-state index is 13.2. The highest BCUT2D eigenvalue weighted by molar-refractivity contribution is 7.89. The Morgan fingerprint density at radius 1 is 1.38 bits per heavy atom. The number of rotatable bonds is 4. The number of benzene rings is 1. The quantitative estimate of drug-likeness (QED) is 0.827. The lowest BCUT2D eigenvalue weighted by atomic mass is 10.2. The zero-order chi connectivity index (χ0) is 17.3. The summed E-state index contributed by atoms with van der Waals surface area (Å²) in [5.74, 6) is -0.508. The topological polar surface area (TPSA) is 83.3 Å². The predicted octanol–water partition coefficient (Wildman–Crippen LogP) is 2.20. The molecule has 0 unspecified atom stereocenters. The van der Waals surface area contributed by atoms with Crippen molar-refractivity contribution < 1.29 is 17.5 Å². The van der Waals surface area contributed by atoms with Gasteiger partial charge in [0.2, 0.25) is 15.9 Å². The molecule has 2 heterocycles. The van der Waals surface area contributed by atoms with Gasteiger partial charge in [0, 0.05) is 6.20 Å². The van der Waals surface area contributed by atoms with Crippen molar-refractivity contribution in [2.75, 3.05) is 13.1 Å². The van der Waals surface area contributed by atoms with Gasteiger partial charge in [-0.3, -0.25) is 0 Å². The van der Waals surface area contributed by atoms with Crippen LogP contribution in [0.15, 0.2) is 41.4 Å². The van der Waals surface area contributed by atoms with E-state index in [1.54, 1.807) is 12.1 Å². The molecule has 0 amide bonds. The molecular formula is C15H11ClFN3O3S. The molecule has 9 heteroatoms. The van der Waals surface area contributed by atoms with Crippen LogP contribution in [0.2, 0.25) is 5.02 Å². The fourth-order valence-corrected chi connectivity index (χ4v) is 3.96. The molecule has 1 aliphatic heterocycles. The van der Waals surface area contributed by atoms with Gasteiger partial charge in [-0.05, 0) is 30.3 Å². The highest BCUT2D eigenvalue weighted by Crippen LogP contribution is 2.27. The Kier molecular flexibility index (Phi) is 4.41. The van der Waals surface area contributed by atoms with E-state index in [-0.39, 0.29) is 34.5 Å². The van der Waals surface area contributed by atoms with Crippen molar-refractivity contribution in [3.05, 3.63) is 52.9 Å². The molecule has 0 bridgehead atoms. The van der Waals surface area contributed by atoms with Crippen molar-refractivity contribution in [1.82, 2.24) is 9.29 Å². The third-order valence-electron chi connectivity index (χ3n) is 3.51. The molecule has 1 aromatic carbocycles. The number of halogens is 2. The van der Waals surface area contributed by atoms with Gasteiger partial charge in [-0.2, -0.15) is 9.57 Å². The molecule has 1 aromatic heterocycles. The van der Waals surface area contributed by atoms with Crippen LogP contribution in [-0.4, -0.2) is 36.9 Å². The molecule has 1 fully saturated rings. The van der Waals surface area contributed by atoms with Crippen LogP contribution in [0, 0.1) is 17.1 Å². The van der Waals surface area contributed by atoms with Crippen molar-refractivity contribution in [1.29, 1.82) is 5.26 Å². The summed E-state index contributed by atoms with van der Waals surface area (Å²) >= 11 is 5.63. The van der Waals surface area contributed by atoms with Crippen LogP contribution >= 0.6 is 11.6 Å². The second kappa shape index (κ2) is 6.36. The van der Waals surface area contributed by atoms with Crippen LogP contribution in [0.1, 0.15) is 5.56 Å². The maximum absolute atomic E-state index is 13.2. The van der Waals surface area contributed by atoms with Crippen molar-refractivity contribution in [3.63, 3.8) is 0 Å². The molecule has 1 saturated heterocycles. The highest BCUT2D eigenvalue weighted by atomic mass is 35.5. The molecule has 6 nitrogen and oxygen atoms in total. The van der Waals surface area contributed by atoms with Gasteiger partial charge in [-0.15, -0.1) is 0 Å². The lowest BCUT2D eigenvalue weighted by Crippen LogP contribution is -2.56. The fourth-order valence-electron chi connectivity index (χ4n) is 2.19. The van der Waals surface area contributed by atoms with Crippen molar-refractivity contribution >= 4 is 21.6 Å². The standard InChI is InChI=1S/C15H11ClFN3O3S/c16-13-6-12(3-4-14(13)17)24(21,22)20-8-11(9-20)23-15-10(7-18)2-1-5-19-15/h1-6,11H,8-9H2. The second-order valence-electron chi connectivity index (χ2n) is 5.11. The van der Waals surface area contributed by atoms with Crippen molar-refractivity contribution in [3.8, 4) is 11.9 Å². The van der Waals surface area contributed by atoms with Gasteiger partial charge in [-0.1, -0.05) is 11.6 Å². The molecule has 0 aliphatic carbocycles. The first-order chi connectivity index (χ1) is 11.4. The third kappa shape index (κ3) is 3.06. The van der Waals surface area contributed by atoms with Crippen LogP contribution in [0.4, 0.5) is 4.39 Å². The lowest BCUT2D eigenvalue weighted by molar-refractivity contribution is 0.0718. The molecule has 2 aromatic rings. The molecule has 0 atom stereocenters. The Bertz CT molecular complexity index is 924. The first-order valence-corrected chi connectivity index (χ1v) is 8.70. The Balaban J connectivity index is 1.69. The minimum Gasteiger partial charge on any atom is -0.471 e. The summed E-state index contributed by atoms with van der Waals surface area (Å²) in [6, 6.07) is 8.39. The van der Waals surface area contributed by atoms with Gasteiger partial charge in [0.25, 0.3) is 0 Å². The van der Waals surface area contributed by atoms with Crippen LogP contribution in [0.25, 0.3) is 0 Å². The smallest absolute Gasteiger partial charge is 0.243 e. The third-order valence-corrected chi connectivity index (χ3v) is 5.63. The zero-order valence-electron chi connectivity index (χ0n) is 12.2. The van der Waals surface area contributed by atoms with E-state index in [1.165, 1.54) is 10.5 Å². The number of ether oxygens (including phenoxy) is 1. The van der Waals surface area contributed by atoms with Crippen LogP contribution in [0.5, 0.6) is 5.88 Å². The lowest BCUT2D eigenvalue weighted by Gasteiger charge is -2.37. The second-order valence-corrected chi connectivity index (χ2v) is 7.45. The van der Waals surface area contributed by atoms with Gasteiger partial charge in [0.15, 0.2) is 0 Å². The Morgan fingerprint density at radius 3 is 2.79 bits per heavy atom. The summed E-state index contributed by atoms with van der Waals surface area (Å²) in [5, 5.41) is 8.73. The van der Waals surface area contributed by atoms with E-state index in [0.29, 0.717) is 0 Å². The van der Waals surface area contributed by atoms with Gasteiger partial charge >= 0.3 is 0 Å². The minimum atomic E-state index is -3.77. The minimum absolute atomic E-state index is 0.0806. The summed E-state index contributed by atoms with van der Waals surface area (Å²) in [5.41, 5.74) is 0.282. The number of sulfonamides is 1. The maximum Gasteiger partial charge on any atom is 0.243 e. The zero-order valence-corrected chi connectivity index (χ0v) is 13.8. The van der Waals surface area contributed by atoms with Crippen molar-refractivity contribution in [2.24, 2.45) is 0 Å². The van der Waals surface area contributed by atoms with E-state index in [0.717, 1.165) is 18.2 Å². The molecule has 24 heavy (non-hydrogen) atoms. The Morgan fingerprint density at radius 2 is 2.12 bits per heavy atom. The number of nitrogens with zero attached hydrogens (tertiary/aromatic N) is 3. The summed E-state index contributed by atoms with van der Waals surface area (Å²) in [6.45, 7) is 0.220. The number of aromatic nitrogens is 1. The SMILES string of the molecule is N#Cc1cccnc1OC1CN(S(=O)(=O)c2ccc(F)c(Cl)c2)C1. The predicted molar refractivity (Wildman–Crippen MR) is 83.5 cm³/mol. The number of hydrogen-bond donors (Lipinski definition) is 0. The molecule has 0 radical (unpaired) electrons. The van der Waals surface area contributed by atoms with Crippen LogP contribution in [-0.2, 0) is 10.0 Å². The first-order valence-electron chi connectivity index (χ1n) is 6.89. The number of pyridine rings is 1. The van der Waals surface area contributed by atoms with E-state index >= 15 is 0 Å². The molecule has 0 saturated carbocycles. The fraction of sp³-hybridized carbons (Fsp3) is 0.200. The van der Waals surface area contributed by atoms with Gasteiger partial charge < -0.3 is 4.74 Å². The Labute approximate surface area is 143 Å². The van der Waals surface area contributed by atoms with Crippen LogP contribution < -0.4 is 4.74 Å². The van der Waals surface area contributed by atoms with Gasteiger partial charge in [-0.25, -0.2) is 17.8 Å². The summed E-state index contributed by atoms with van der Waals surface area (Å²) in [6.07, 6.45) is 1.09. The van der Waals surface area contributed by atoms with Gasteiger partial charge in [0.1, 0.15) is 23.6 Å². The van der Waals surface area contributed by atoms with E-state index in [9.17, 15) is 12.8 Å². The van der Waals surface area contributed by atoms with E-state index in [1.807, 2.05) is 6.07 Å². The molecule has 1 aliphatic rings. The molecular weight excluding hydrogens is 357 g/mol.